The molecule has 30 heavy (non-hydrogen) atoms. The Labute approximate surface area is 173 Å². The van der Waals surface area contributed by atoms with Gasteiger partial charge in [0.1, 0.15) is 23.2 Å². The van der Waals surface area contributed by atoms with Crippen LogP contribution in [-0.2, 0) is 9.53 Å². The van der Waals surface area contributed by atoms with E-state index in [1.165, 1.54) is 24.3 Å². The Morgan fingerprint density at radius 2 is 1.60 bits per heavy atom. The average molecular weight is 418 g/mol. The summed E-state index contributed by atoms with van der Waals surface area (Å²) in [6, 6.07) is 8.11. The zero-order chi connectivity index (χ0) is 22.3. The highest BCUT2D eigenvalue weighted by atomic mass is 19.1. The van der Waals surface area contributed by atoms with Crippen LogP contribution < -0.4 is 10.6 Å². The Kier molecular flexibility index (Phi) is 8.03. The van der Waals surface area contributed by atoms with Crippen LogP contribution in [-0.4, -0.2) is 30.4 Å². The lowest BCUT2D eigenvalue weighted by Gasteiger charge is -2.22. The summed E-state index contributed by atoms with van der Waals surface area (Å²) in [5.74, 6) is -4.42. The van der Waals surface area contributed by atoms with E-state index in [0.717, 1.165) is 18.2 Å². The van der Waals surface area contributed by atoms with E-state index in [4.69, 9.17) is 4.74 Å². The normalized spacial score (nSPS) is 11.7. The summed E-state index contributed by atoms with van der Waals surface area (Å²) in [5, 5.41) is 5.01. The number of hydrogen-bond donors (Lipinski definition) is 2. The molecule has 0 fully saturated rings. The fourth-order valence-electron chi connectivity index (χ4n) is 2.65. The van der Waals surface area contributed by atoms with Crippen molar-refractivity contribution >= 4 is 23.5 Å². The number of amides is 2. The van der Waals surface area contributed by atoms with Gasteiger partial charge in [-0.25, -0.2) is 13.6 Å². The van der Waals surface area contributed by atoms with Gasteiger partial charge in [0.25, 0.3) is 5.91 Å². The SMILES string of the molecule is CCCOC(=O)c1ccc(NC(=O)C(NC(=O)c2c(F)cccc2F)C(C)C)cc1. The highest BCUT2D eigenvalue weighted by Crippen LogP contribution is 2.15. The van der Waals surface area contributed by atoms with Crippen molar-refractivity contribution in [3.8, 4) is 0 Å². The smallest absolute Gasteiger partial charge is 0.338 e. The lowest BCUT2D eigenvalue weighted by atomic mass is 10.0. The molecule has 0 saturated carbocycles. The second kappa shape index (κ2) is 10.5. The van der Waals surface area contributed by atoms with Crippen LogP contribution >= 0.6 is 0 Å². The highest BCUT2D eigenvalue weighted by Gasteiger charge is 2.27. The van der Waals surface area contributed by atoms with Crippen LogP contribution in [0.1, 0.15) is 47.9 Å². The molecule has 2 N–H and O–H groups in total. The summed E-state index contributed by atoms with van der Waals surface area (Å²) < 4.78 is 32.7. The van der Waals surface area contributed by atoms with Gasteiger partial charge in [0.2, 0.25) is 5.91 Å². The van der Waals surface area contributed by atoms with Crippen molar-refractivity contribution in [2.75, 3.05) is 11.9 Å². The minimum Gasteiger partial charge on any atom is -0.462 e. The Balaban J connectivity index is 2.09. The van der Waals surface area contributed by atoms with Gasteiger partial charge in [-0.05, 0) is 48.7 Å². The van der Waals surface area contributed by atoms with Crippen molar-refractivity contribution in [1.29, 1.82) is 0 Å². The van der Waals surface area contributed by atoms with Crippen molar-refractivity contribution in [3.63, 3.8) is 0 Å². The van der Waals surface area contributed by atoms with E-state index < -0.39 is 41.0 Å². The largest absolute Gasteiger partial charge is 0.462 e. The van der Waals surface area contributed by atoms with Crippen molar-refractivity contribution in [2.45, 2.75) is 33.2 Å². The predicted octanol–water partition coefficient (Wildman–Crippen LogP) is 3.92. The maximum Gasteiger partial charge on any atom is 0.338 e. The topological polar surface area (TPSA) is 84.5 Å². The van der Waals surface area contributed by atoms with Crippen molar-refractivity contribution < 1.29 is 27.9 Å². The molecular formula is C22H24F2N2O4. The molecule has 1 atom stereocenters. The molecule has 0 aliphatic rings. The van der Waals surface area contributed by atoms with Gasteiger partial charge >= 0.3 is 5.97 Å². The van der Waals surface area contributed by atoms with Gasteiger partial charge in [0.15, 0.2) is 0 Å². The van der Waals surface area contributed by atoms with Crippen LogP contribution in [0.15, 0.2) is 42.5 Å². The Hall–Kier alpha value is -3.29. The first kappa shape index (κ1) is 23.0. The monoisotopic (exact) mass is 418 g/mol. The number of nitrogens with one attached hydrogen (secondary N) is 2. The van der Waals surface area contributed by atoms with E-state index in [1.807, 2.05) is 6.92 Å². The van der Waals surface area contributed by atoms with E-state index in [2.05, 4.69) is 10.6 Å². The Bertz CT molecular complexity index is 894. The number of hydrogen-bond acceptors (Lipinski definition) is 4. The van der Waals surface area contributed by atoms with Crippen LogP contribution in [0.25, 0.3) is 0 Å². The number of ether oxygens (including phenoxy) is 1. The van der Waals surface area contributed by atoms with Crippen molar-refractivity contribution in [1.82, 2.24) is 5.32 Å². The van der Waals surface area contributed by atoms with Crippen LogP contribution in [0.2, 0.25) is 0 Å². The molecule has 0 spiro atoms. The summed E-state index contributed by atoms with van der Waals surface area (Å²) in [6.45, 7) is 5.58. The predicted molar refractivity (Wildman–Crippen MR) is 108 cm³/mol. The number of anilines is 1. The van der Waals surface area contributed by atoms with Crippen molar-refractivity contribution in [3.05, 3.63) is 65.2 Å². The third-order valence-electron chi connectivity index (χ3n) is 4.25. The van der Waals surface area contributed by atoms with E-state index >= 15 is 0 Å². The quantitative estimate of drug-likeness (QED) is 0.637. The van der Waals surface area contributed by atoms with Crippen LogP contribution in [0, 0.1) is 17.6 Å². The number of benzene rings is 2. The lowest BCUT2D eigenvalue weighted by molar-refractivity contribution is -0.118. The minimum absolute atomic E-state index is 0.315. The first-order chi connectivity index (χ1) is 14.2. The Morgan fingerprint density at radius 3 is 2.13 bits per heavy atom. The molecule has 2 aromatic rings. The van der Waals surface area contributed by atoms with Gasteiger partial charge < -0.3 is 15.4 Å². The number of carbonyl (C=O) groups excluding carboxylic acids is 3. The van der Waals surface area contributed by atoms with Gasteiger partial charge in [0, 0.05) is 5.69 Å². The van der Waals surface area contributed by atoms with Crippen LogP contribution in [0.5, 0.6) is 0 Å². The number of rotatable bonds is 8. The molecule has 0 aliphatic heterocycles. The fourth-order valence-corrected chi connectivity index (χ4v) is 2.65. The lowest BCUT2D eigenvalue weighted by Crippen LogP contribution is -2.47. The van der Waals surface area contributed by atoms with Gasteiger partial charge in [-0.3, -0.25) is 9.59 Å². The molecule has 2 rings (SSSR count). The number of esters is 1. The zero-order valence-electron chi connectivity index (χ0n) is 17.0. The highest BCUT2D eigenvalue weighted by molar-refractivity contribution is 6.01. The maximum atomic E-state index is 13.8. The molecule has 1 unspecified atom stereocenters. The van der Waals surface area contributed by atoms with E-state index in [1.54, 1.807) is 13.8 Å². The van der Waals surface area contributed by atoms with E-state index in [-0.39, 0.29) is 5.92 Å². The van der Waals surface area contributed by atoms with Gasteiger partial charge in [-0.1, -0.05) is 26.8 Å². The molecule has 0 aromatic heterocycles. The van der Waals surface area contributed by atoms with Crippen molar-refractivity contribution in [2.24, 2.45) is 5.92 Å². The molecule has 0 aliphatic carbocycles. The third-order valence-corrected chi connectivity index (χ3v) is 4.25. The number of halogens is 2. The van der Waals surface area contributed by atoms with Gasteiger partial charge in [-0.2, -0.15) is 0 Å². The average Bonchev–Trinajstić information content (AvgIpc) is 2.70. The molecule has 2 aromatic carbocycles. The molecule has 6 nitrogen and oxygen atoms in total. The molecule has 0 radical (unpaired) electrons. The second-order valence-electron chi connectivity index (χ2n) is 6.99. The number of carbonyl (C=O) groups is 3. The third kappa shape index (κ3) is 5.85. The van der Waals surface area contributed by atoms with Gasteiger partial charge in [-0.15, -0.1) is 0 Å². The van der Waals surface area contributed by atoms with Crippen LogP contribution in [0.3, 0.4) is 0 Å². The molecule has 0 saturated heterocycles. The van der Waals surface area contributed by atoms with E-state index in [9.17, 15) is 23.2 Å². The molecular weight excluding hydrogens is 394 g/mol. The van der Waals surface area contributed by atoms with Gasteiger partial charge in [0.05, 0.1) is 12.2 Å². The summed E-state index contributed by atoms with van der Waals surface area (Å²) in [7, 11) is 0. The standard InChI is InChI=1S/C22H24F2N2O4/c1-4-12-30-22(29)14-8-10-15(11-9-14)25-21(28)19(13(2)3)26-20(27)18-16(23)6-5-7-17(18)24/h5-11,13,19H,4,12H2,1-3H3,(H,25,28)(H,26,27). The maximum absolute atomic E-state index is 13.8. The fraction of sp³-hybridized carbons (Fsp3) is 0.318. The second-order valence-corrected chi connectivity index (χ2v) is 6.99. The first-order valence-corrected chi connectivity index (χ1v) is 9.57. The zero-order valence-corrected chi connectivity index (χ0v) is 17.0. The first-order valence-electron chi connectivity index (χ1n) is 9.57. The van der Waals surface area contributed by atoms with E-state index in [0.29, 0.717) is 24.3 Å². The molecule has 2 amide bonds. The molecule has 8 heteroatoms. The summed E-state index contributed by atoms with van der Waals surface area (Å²) in [6.07, 6.45) is 0.707. The summed E-state index contributed by atoms with van der Waals surface area (Å²) in [5.41, 5.74) is -0.0138. The van der Waals surface area contributed by atoms with Crippen LogP contribution in [0.4, 0.5) is 14.5 Å². The Morgan fingerprint density at radius 1 is 1.00 bits per heavy atom. The summed E-state index contributed by atoms with van der Waals surface area (Å²) >= 11 is 0. The molecule has 0 heterocycles. The molecule has 160 valence electrons. The molecule has 0 bridgehead atoms. The summed E-state index contributed by atoms with van der Waals surface area (Å²) in [4.78, 5) is 36.8. The minimum atomic E-state index is -1.04.